The van der Waals surface area contributed by atoms with Gasteiger partial charge in [0.15, 0.2) is 0 Å². The second kappa shape index (κ2) is 7.93. The van der Waals surface area contributed by atoms with Crippen LogP contribution in [0.5, 0.6) is 0 Å². The lowest BCUT2D eigenvalue weighted by Gasteiger charge is -2.13. The van der Waals surface area contributed by atoms with Gasteiger partial charge >= 0.3 is 12.1 Å². The van der Waals surface area contributed by atoms with Crippen molar-refractivity contribution in [3.63, 3.8) is 0 Å². The van der Waals surface area contributed by atoms with Gasteiger partial charge in [0.05, 0.1) is 5.92 Å². The molecule has 1 rings (SSSR count). The van der Waals surface area contributed by atoms with E-state index in [0.717, 1.165) is 0 Å². The third kappa shape index (κ3) is 5.09. The third-order valence-electron chi connectivity index (χ3n) is 2.61. The predicted molar refractivity (Wildman–Crippen MR) is 70.9 cm³/mol. The molecule has 0 aliphatic heterocycles. The number of alkyl carbamates (subject to hydrolysis) is 1. The standard InChI is InChI=1S/C14H16FNO4/c1-2-9-20-14(19)16-8-7-12(13(17)18)10-3-5-11(15)6-4-10/h2-6,12H,1,7-9H2,(H,16,19)(H,17,18). The summed E-state index contributed by atoms with van der Waals surface area (Å²) in [6.07, 6.45) is 0.982. The Bertz CT molecular complexity index is 473. The molecular formula is C14H16FNO4. The molecule has 0 aliphatic carbocycles. The highest BCUT2D eigenvalue weighted by Crippen LogP contribution is 2.19. The van der Waals surface area contributed by atoms with Crippen LogP contribution in [0.1, 0.15) is 17.9 Å². The number of hydrogen-bond acceptors (Lipinski definition) is 3. The fourth-order valence-electron chi connectivity index (χ4n) is 1.63. The topological polar surface area (TPSA) is 75.6 Å². The summed E-state index contributed by atoms with van der Waals surface area (Å²) in [4.78, 5) is 22.3. The molecule has 20 heavy (non-hydrogen) atoms. The van der Waals surface area contributed by atoms with Crippen LogP contribution >= 0.6 is 0 Å². The zero-order valence-electron chi connectivity index (χ0n) is 10.8. The van der Waals surface area contributed by atoms with Gasteiger partial charge in [0.25, 0.3) is 0 Å². The van der Waals surface area contributed by atoms with Crippen LogP contribution in [-0.4, -0.2) is 30.3 Å². The van der Waals surface area contributed by atoms with E-state index in [1.807, 2.05) is 0 Å². The molecule has 0 heterocycles. The highest BCUT2D eigenvalue weighted by molar-refractivity contribution is 5.76. The number of amides is 1. The van der Waals surface area contributed by atoms with Crippen LogP contribution in [0.3, 0.4) is 0 Å². The number of benzene rings is 1. The molecule has 5 nitrogen and oxygen atoms in total. The van der Waals surface area contributed by atoms with Crippen LogP contribution in [0.2, 0.25) is 0 Å². The van der Waals surface area contributed by atoms with Crippen molar-refractivity contribution in [2.24, 2.45) is 0 Å². The van der Waals surface area contributed by atoms with Crippen molar-refractivity contribution >= 4 is 12.1 Å². The Morgan fingerprint density at radius 1 is 1.40 bits per heavy atom. The molecule has 0 radical (unpaired) electrons. The van der Waals surface area contributed by atoms with E-state index in [9.17, 15) is 14.0 Å². The minimum atomic E-state index is -1.03. The molecule has 1 atom stereocenters. The Morgan fingerprint density at radius 2 is 2.05 bits per heavy atom. The van der Waals surface area contributed by atoms with Gasteiger partial charge in [0.2, 0.25) is 0 Å². The summed E-state index contributed by atoms with van der Waals surface area (Å²) in [6.45, 7) is 3.63. The number of hydrogen-bond donors (Lipinski definition) is 2. The number of halogens is 1. The largest absolute Gasteiger partial charge is 0.481 e. The quantitative estimate of drug-likeness (QED) is 0.752. The zero-order chi connectivity index (χ0) is 15.0. The molecule has 1 aromatic carbocycles. The van der Waals surface area contributed by atoms with E-state index in [1.54, 1.807) is 0 Å². The van der Waals surface area contributed by atoms with Gasteiger partial charge in [-0.3, -0.25) is 4.79 Å². The molecule has 0 aliphatic rings. The maximum atomic E-state index is 12.8. The number of carboxylic acids is 1. The second-order valence-electron chi connectivity index (χ2n) is 4.04. The number of ether oxygens (including phenoxy) is 1. The van der Waals surface area contributed by atoms with Crippen molar-refractivity contribution in [1.82, 2.24) is 5.32 Å². The number of rotatable bonds is 7. The molecule has 6 heteroatoms. The van der Waals surface area contributed by atoms with E-state index < -0.39 is 23.8 Å². The highest BCUT2D eigenvalue weighted by atomic mass is 19.1. The molecular weight excluding hydrogens is 265 g/mol. The average Bonchev–Trinajstić information content (AvgIpc) is 2.42. The molecule has 0 saturated carbocycles. The summed E-state index contributed by atoms with van der Waals surface area (Å²) >= 11 is 0. The first kappa shape index (κ1) is 15.7. The molecule has 108 valence electrons. The molecule has 0 aromatic heterocycles. The lowest BCUT2D eigenvalue weighted by Crippen LogP contribution is -2.27. The first-order chi connectivity index (χ1) is 9.54. The SMILES string of the molecule is C=CCOC(=O)NCCC(C(=O)O)c1ccc(F)cc1. The fraction of sp³-hybridized carbons (Fsp3) is 0.286. The van der Waals surface area contributed by atoms with Crippen molar-refractivity contribution in [2.75, 3.05) is 13.2 Å². The first-order valence-electron chi connectivity index (χ1n) is 6.04. The van der Waals surface area contributed by atoms with Gasteiger partial charge in [-0.25, -0.2) is 9.18 Å². The van der Waals surface area contributed by atoms with Crippen LogP contribution in [0.25, 0.3) is 0 Å². The van der Waals surface area contributed by atoms with Gasteiger partial charge < -0.3 is 15.2 Å². The van der Waals surface area contributed by atoms with Crippen LogP contribution < -0.4 is 5.32 Å². The summed E-state index contributed by atoms with van der Waals surface area (Å²) in [6, 6.07) is 5.25. The Kier molecular flexibility index (Phi) is 6.22. The van der Waals surface area contributed by atoms with Gasteiger partial charge in [-0.05, 0) is 24.1 Å². The maximum absolute atomic E-state index is 12.8. The predicted octanol–water partition coefficient (Wildman–Crippen LogP) is 2.30. The summed E-state index contributed by atoms with van der Waals surface area (Å²) in [7, 11) is 0. The molecule has 0 fully saturated rings. The van der Waals surface area contributed by atoms with E-state index >= 15 is 0 Å². The lowest BCUT2D eigenvalue weighted by atomic mass is 9.96. The maximum Gasteiger partial charge on any atom is 0.407 e. The summed E-state index contributed by atoms with van der Waals surface area (Å²) < 4.78 is 17.5. The van der Waals surface area contributed by atoms with E-state index in [4.69, 9.17) is 5.11 Å². The van der Waals surface area contributed by atoms with Crippen LogP contribution in [0.15, 0.2) is 36.9 Å². The highest BCUT2D eigenvalue weighted by Gasteiger charge is 2.19. The molecule has 0 saturated heterocycles. The fourth-order valence-corrected chi connectivity index (χ4v) is 1.63. The van der Waals surface area contributed by atoms with Crippen LogP contribution in [-0.2, 0) is 9.53 Å². The van der Waals surface area contributed by atoms with Crippen molar-refractivity contribution in [3.05, 3.63) is 48.3 Å². The Balaban J connectivity index is 2.52. The van der Waals surface area contributed by atoms with E-state index in [-0.39, 0.29) is 19.6 Å². The number of carboxylic acid groups (broad SMARTS) is 1. The van der Waals surface area contributed by atoms with E-state index in [1.165, 1.54) is 30.3 Å². The van der Waals surface area contributed by atoms with Crippen LogP contribution in [0, 0.1) is 5.82 Å². The number of carbonyl (C=O) groups excluding carboxylic acids is 1. The lowest BCUT2D eigenvalue weighted by molar-refractivity contribution is -0.138. The summed E-state index contributed by atoms with van der Waals surface area (Å²) in [5.41, 5.74) is 0.486. The van der Waals surface area contributed by atoms with Gasteiger partial charge in [-0.15, -0.1) is 0 Å². The Hall–Kier alpha value is -2.37. The van der Waals surface area contributed by atoms with Gasteiger partial charge in [-0.1, -0.05) is 24.8 Å². The Labute approximate surface area is 116 Å². The third-order valence-corrected chi connectivity index (χ3v) is 2.61. The summed E-state index contributed by atoms with van der Waals surface area (Å²) in [5, 5.41) is 11.6. The number of aliphatic carboxylic acids is 1. The van der Waals surface area contributed by atoms with Crippen molar-refractivity contribution in [1.29, 1.82) is 0 Å². The van der Waals surface area contributed by atoms with Gasteiger partial charge in [0.1, 0.15) is 12.4 Å². The molecule has 0 spiro atoms. The molecule has 0 bridgehead atoms. The van der Waals surface area contributed by atoms with E-state index in [2.05, 4.69) is 16.6 Å². The second-order valence-corrected chi connectivity index (χ2v) is 4.04. The van der Waals surface area contributed by atoms with Crippen molar-refractivity contribution < 1.29 is 23.8 Å². The van der Waals surface area contributed by atoms with Gasteiger partial charge in [-0.2, -0.15) is 0 Å². The van der Waals surface area contributed by atoms with Crippen molar-refractivity contribution in [2.45, 2.75) is 12.3 Å². The number of nitrogens with one attached hydrogen (secondary N) is 1. The minimum absolute atomic E-state index is 0.0894. The van der Waals surface area contributed by atoms with Crippen LogP contribution in [0.4, 0.5) is 9.18 Å². The van der Waals surface area contributed by atoms with Gasteiger partial charge in [0, 0.05) is 6.54 Å². The molecule has 1 aromatic rings. The zero-order valence-corrected chi connectivity index (χ0v) is 10.8. The molecule has 1 unspecified atom stereocenters. The summed E-state index contributed by atoms with van der Waals surface area (Å²) in [5.74, 6) is -2.27. The molecule has 2 N–H and O–H groups in total. The minimum Gasteiger partial charge on any atom is -0.481 e. The number of carbonyl (C=O) groups is 2. The van der Waals surface area contributed by atoms with E-state index in [0.29, 0.717) is 5.56 Å². The average molecular weight is 281 g/mol. The molecule has 1 amide bonds. The first-order valence-corrected chi connectivity index (χ1v) is 6.04. The monoisotopic (exact) mass is 281 g/mol. The smallest absolute Gasteiger partial charge is 0.407 e. The Morgan fingerprint density at radius 3 is 2.60 bits per heavy atom. The normalized spacial score (nSPS) is 11.4. The van der Waals surface area contributed by atoms with Crippen molar-refractivity contribution in [3.8, 4) is 0 Å².